The van der Waals surface area contributed by atoms with E-state index < -0.39 is 5.97 Å². The van der Waals surface area contributed by atoms with Crippen molar-refractivity contribution in [2.45, 2.75) is 32.2 Å². The van der Waals surface area contributed by atoms with Crippen molar-refractivity contribution in [3.8, 4) is 11.5 Å². The lowest BCUT2D eigenvalue weighted by atomic mass is 10.0. The van der Waals surface area contributed by atoms with Crippen LogP contribution in [-0.4, -0.2) is 61.9 Å². The molecule has 1 aromatic rings. The Hall–Kier alpha value is -2.28. The van der Waals surface area contributed by atoms with Gasteiger partial charge in [-0.05, 0) is 31.9 Å². The number of carbonyl (C=O) groups is 2. The second kappa shape index (κ2) is 8.71. The summed E-state index contributed by atoms with van der Waals surface area (Å²) >= 11 is 0. The van der Waals surface area contributed by atoms with E-state index >= 15 is 0 Å². The minimum atomic E-state index is -0.927. The second-order valence-corrected chi connectivity index (χ2v) is 5.99. The molecule has 0 atom stereocenters. The van der Waals surface area contributed by atoms with E-state index in [1.165, 1.54) is 14.2 Å². The van der Waals surface area contributed by atoms with Crippen molar-refractivity contribution in [3.05, 3.63) is 23.3 Å². The monoisotopic (exact) mass is 351 g/mol. The van der Waals surface area contributed by atoms with Gasteiger partial charge in [-0.3, -0.25) is 9.59 Å². The maximum atomic E-state index is 13.1. The van der Waals surface area contributed by atoms with Gasteiger partial charge in [0, 0.05) is 36.9 Å². The van der Waals surface area contributed by atoms with Gasteiger partial charge in [0.25, 0.3) is 5.91 Å². The molecule has 1 aliphatic rings. The van der Waals surface area contributed by atoms with Gasteiger partial charge in [0.1, 0.15) is 11.5 Å². The molecule has 1 aromatic carbocycles. The van der Waals surface area contributed by atoms with Gasteiger partial charge < -0.3 is 24.2 Å². The maximum Gasteiger partial charge on any atom is 0.305 e. The summed E-state index contributed by atoms with van der Waals surface area (Å²) in [5, 5.41) is 9.01. The molecule has 0 saturated carbocycles. The minimum Gasteiger partial charge on any atom is -0.496 e. The molecule has 0 spiro atoms. The first kappa shape index (κ1) is 19.1. The molecule has 1 aliphatic heterocycles. The zero-order valence-corrected chi connectivity index (χ0v) is 14.9. The average Bonchev–Trinajstić information content (AvgIpc) is 2.62. The highest BCUT2D eigenvalue weighted by Crippen LogP contribution is 2.30. The van der Waals surface area contributed by atoms with Gasteiger partial charge in [-0.1, -0.05) is 0 Å². The third kappa shape index (κ3) is 4.63. The fourth-order valence-electron chi connectivity index (χ4n) is 3.04. The molecule has 7 heteroatoms. The van der Waals surface area contributed by atoms with Crippen LogP contribution in [0.3, 0.4) is 0 Å². The topological polar surface area (TPSA) is 85.3 Å². The molecule has 138 valence electrons. The first-order valence-electron chi connectivity index (χ1n) is 8.31. The van der Waals surface area contributed by atoms with Crippen LogP contribution in [0.4, 0.5) is 0 Å². The number of aliphatic carboxylic acids is 1. The fourth-order valence-corrected chi connectivity index (χ4v) is 3.04. The van der Waals surface area contributed by atoms with Crippen LogP contribution in [0.1, 0.15) is 35.2 Å². The number of methoxy groups -OCH3 is 2. The molecule has 1 amide bonds. The van der Waals surface area contributed by atoms with Crippen molar-refractivity contribution in [3.63, 3.8) is 0 Å². The summed E-state index contributed by atoms with van der Waals surface area (Å²) in [4.78, 5) is 25.7. The smallest absolute Gasteiger partial charge is 0.305 e. The van der Waals surface area contributed by atoms with Crippen LogP contribution >= 0.6 is 0 Å². The maximum absolute atomic E-state index is 13.1. The van der Waals surface area contributed by atoms with Crippen molar-refractivity contribution < 1.29 is 28.9 Å². The largest absolute Gasteiger partial charge is 0.496 e. The SMILES string of the molecule is COc1cc(C(=O)N(CCC(=O)O)C2CCOCC2)cc(OC)c1C. The van der Waals surface area contributed by atoms with Crippen molar-refractivity contribution in [2.75, 3.05) is 34.0 Å². The molecule has 1 N–H and O–H groups in total. The van der Waals surface area contributed by atoms with Crippen LogP contribution in [-0.2, 0) is 9.53 Å². The molecule has 0 aliphatic carbocycles. The summed E-state index contributed by atoms with van der Waals surface area (Å²) < 4.78 is 16.0. The van der Waals surface area contributed by atoms with Crippen LogP contribution in [0.25, 0.3) is 0 Å². The highest BCUT2D eigenvalue weighted by Gasteiger charge is 2.28. The predicted molar refractivity (Wildman–Crippen MR) is 91.4 cm³/mol. The summed E-state index contributed by atoms with van der Waals surface area (Å²) in [5.41, 5.74) is 1.24. The van der Waals surface area contributed by atoms with Crippen molar-refractivity contribution in [1.82, 2.24) is 4.90 Å². The van der Waals surface area contributed by atoms with Crippen molar-refractivity contribution in [1.29, 1.82) is 0 Å². The molecule has 7 nitrogen and oxygen atoms in total. The fraction of sp³-hybridized carbons (Fsp3) is 0.556. The number of carboxylic acids is 1. The van der Waals surface area contributed by atoms with E-state index in [-0.39, 0.29) is 24.9 Å². The Morgan fingerprint density at radius 3 is 2.24 bits per heavy atom. The Morgan fingerprint density at radius 1 is 1.20 bits per heavy atom. The molecular weight excluding hydrogens is 326 g/mol. The highest BCUT2D eigenvalue weighted by atomic mass is 16.5. The minimum absolute atomic E-state index is 0.0288. The van der Waals surface area contributed by atoms with Gasteiger partial charge in [-0.2, -0.15) is 0 Å². The molecule has 2 rings (SSSR count). The van der Waals surface area contributed by atoms with Gasteiger partial charge in [0.15, 0.2) is 0 Å². The number of hydrogen-bond acceptors (Lipinski definition) is 5. The summed E-state index contributed by atoms with van der Waals surface area (Å²) in [7, 11) is 3.08. The molecule has 0 aromatic heterocycles. The van der Waals surface area contributed by atoms with Crippen molar-refractivity contribution >= 4 is 11.9 Å². The van der Waals surface area contributed by atoms with Gasteiger partial charge in [0.2, 0.25) is 0 Å². The zero-order valence-electron chi connectivity index (χ0n) is 14.9. The number of carboxylic acid groups (broad SMARTS) is 1. The van der Waals surface area contributed by atoms with E-state index in [1.54, 1.807) is 17.0 Å². The first-order valence-corrected chi connectivity index (χ1v) is 8.31. The number of rotatable bonds is 7. The number of benzene rings is 1. The van der Waals surface area contributed by atoms with Crippen LogP contribution in [0.15, 0.2) is 12.1 Å². The van der Waals surface area contributed by atoms with E-state index in [9.17, 15) is 9.59 Å². The van der Waals surface area contributed by atoms with Gasteiger partial charge in [-0.25, -0.2) is 0 Å². The van der Waals surface area contributed by atoms with Gasteiger partial charge in [-0.15, -0.1) is 0 Å². The molecule has 0 unspecified atom stereocenters. The molecule has 1 fully saturated rings. The third-order valence-corrected chi connectivity index (χ3v) is 4.46. The Balaban J connectivity index is 2.32. The van der Waals surface area contributed by atoms with Crippen molar-refractivity contribution in [2.24, 2.45) is 0 Å². The molecule has 1 saturated heterocycles. The Kier molecular flexibility index (Phi) is 6.64. The van der Waals surface area contributed by atoms with E-state index in [0.29, 0.717) is 43.1 Å². The third-order valence-electron chi connectivity index (χ3n) is 4.46. The number of hydrogen-bond donors (Lipinski definition) is 1. The van der Waals surface area contributed by atoms with E-state index in [4.69, 9.17) is 19.3 Å². The Labute approximate surface area is 147 Å². The van der Waals surface area contributed by atoms with Crippen LogP contribution < -0.4 is 9.47 Å². The number of ether oxygens (including phenoxy) is 3. The lowest BCUT2D eigenvalue weighted by molar-refractivity contribution is -0.137. The van der Waals surface area contributed by atoms with Gasteiger partial charge in [0.05, 0.1) is 20.6 Å². The second-order valence-electron chi connectivity index (χ2n) is 5.99. The van der Waals surface area contributed by atoms with E-state index in [2.05, 4.69) is 0 Å². The number of nitrogens with zero attached hydrogens (tertiary/aromatic N) is 1. The Morgan fingerprint density at radius 2 is 1.76 bits per heavy atom. The average molecular weight is 351 g/mol. The number of amides is 1. The molecule has 25 heavy (non-hydrogen) atoms. The lowest BCUT2D eigenvalue weighted by Crippen LogP contribution is -2.44. The predicted octanol–water partition coefficient (Wildman–Crippen LogP) is 2.11. The summed E-state index contributed by atoms with van der Waals surface area (Å²) in [5.74, 6) is -0.0191. The zero-order chi connectivity index (χ0) is 18.4. The first-order chi connectivity index (χ1) is 12.0. The molecular formula is C18H25NO6. The Bertz CT molecular complexity index is 599. The molecule has 0 radical (unpaired) electrons. The summed E-state index contributed by atoms with van der Waals surface area (Å²) in [6.07, 6.45) is 1.31. The molecule has 0 bridgehead atoms. The lowest BCUT2D eigenvalue weighted by Gasteiger charge is -2.34. The van der Waals surface area contributed by atoms with E-state index in [1.807, 2.05) is 6.92 Å². The molecule has 1 heterocycles. The van der Waals surface area contributed by atoms with E-state index in [0.717, 1.165) is 5.56 Å². The standard InChI is InChI=1S/C18H25NO6/c1-12-15(23-2)10-13(11-16(12)24-3)18(22)19(7-4-17(20)21)14-5-8-25-9-6-14/h10-11,14H,4-9H2,1-3H3,(H,20,21). The van der Waals surface area contributed by atoms with Crippen LogP contribution in [0, 0.1) is 6.92 Å². The van der Waals surface area contributed by atoms with Crippen LogP contribution in [0.5, 0.6) is 11.5 Å². The summed E-state index contributed by atoms with van der Waals surface area (Å²) in [6.45, 7) is 3.16. The summed E-state index contributed by atoms with van der Waals surface area (Å²) in [6, 6.07) is 3.32. The normalized spacial score (nSPS) is 14.8. The quantitative estimate of drug-likeness (QED) is 0.810. The number of carbonyl (C=O) groups excluding carboxylic acids is 1. The van der Waals surface area contributed by atoms with Crippen LogP contribution in [0.2, 0.25) is 0 Å². The van der Waals surface area contributed by atoms with Gasteiger partial charge >= 0.3 is 5.97 Å². The highest BCUT2D eigenvalue weighted by molar-refractivity contribution is 5.95.